The summed E-state index contributed by atoms with van der Waals surface area (Å²) < 4.78 is 0. The maximum Gasteiger partial charge on any atom is 0.145 e. The molecule has 1 atom stereocenters. The lowest BCUT2D eigenvalue weighted by Crippen LogP contribution is -2.09. The van der Waals surface area contributed by atoms with Crippen LogP contribution in [0, 0.1) is 0 Å². The molecule has 0 amide bonds. The second kappa shape index (κ2) is 5.06. The molecule has 3 heteroatoms. The van der Waals surface area contributed by atoms with Gasteiger partial charge in [-0.1, -0.05) is 31.2 Å². The number of hydrogen-bond donors (Lipinski definition) is 1. The number of hydrogen-bond acceptors (Lipinski definition) is 3. The van der Waals surface area contributed by atoms with Crippen molar-refractivity contribution in [2.75, 3.05) is 0 Å². The van der Waals surface area contributed by atoms with E-state index in [0.29, 0.717) is 5.82 Å². The summed E-state index contributed by atoms with van der Waals surface area (Å²) in [5.74, 6) is 0.682. The third-order valence-electron chi connectivity index (χ3n) is 2.74. The molecule has 1 unspecified atom stereocenters. The van der Waals surface area contributed by atoms with E-state index in [1.807, 2.05) is 13.0 Å². The number of aryl methyl sites for hydroxylation is 1. The molecule has 0 bridgehead atoms. The van der Waals surface area contributed by atoms with Gasteiger partial charge in [0, 0.05) is 11.8 Å². The van der Waals surface area contributed by atoms with E-state index in [9.17, 15) is 0 Å². The first-order valence-corrected chi connectivity index (χ1v) is 5.88. The van der Waals surface area contributed by atoms with Gasteiger partial charge in [-0.15, -0.1) is 0 Å². The second-order valence-electron chi connectivity index (χ2n) is 4.14. The lowest BCUT2D eigenvalue weighted by Gasteiger charge is -2.06. The van der Waals surface area contributed by atoms with Gasteiger partial charge < -0.3 is 5.73 Å². The first-order chi connectivity index (χ1) is 8.20. The van der Waals surface area contributed by atoms with E-state index in [2.05, 4.69) is 41.2 Å². The van der Waals surface area contributed by atoms with Crippen LogP contribution in [0.4, 0.5) is 0 Å². The van der Waals surface area contributed by atoms with E-state index in [1.165, 1.54) is 5.56 Å². The van der Waals surface area contributed by atoms with Crippen molar-refractivity contribution < 1.29 is 0 Å². The standard InChI is InChI=1S/C14H17N3/c1-3-11-4-6-12(7-5-11)13-8-9-16-14(17-13)10(2)15/h4-10H,3,15H2,1-2H3. The normalized spacial score (nSPS) is 12.4. The molecular formula is C14H17N3. The Morgan fingerprint density at radius 2 is 1.88 bits per heavy atom. The highest BCUT2D eigenvalue weighted by molar-refractivity contribution is 5.59. The fraction of sp³-hybridized carbons (Fsp3) is 0.286. The molecular weight excluding hydrogens is 210 g/mol. The Hall–Kier alpha value is -1.74. The summed E-state index contributed by atoms with van der Waals surface area (Å²) in [7, 11) is 0. The molecule has 17 heavy (non-hydrogen) atoms. The van der Waals surface area contributed by atoms with Crippen LogP contribution >= 0.6 is 0 Å². The molecule has 2 rings (SSSR count). The zero-order valence-corrected chi connectivity index (χ0v) is 10.2. The van der Waals surface area contributed by atoms with Crippen molar-refractivity contribution in [3.63, 3.8) is 0 Å². The van der Waals surface area contributed by atoms with E-state index < -0.39 is 0 Å². The van der Waals surface area contributed by atoms with Crippen molar-refractivity contribution in [1.82, 2.24) is 9.97 Å². The van der Waals surface area contributed by atoms with Gasteiger partial charge in [0.05, 0.1) is 11.7 Å². The molecule has 1 aromatic carbocycles. The van der Waals surface area contributed by atoms with E-state index in [1.54, 1.807) is 6.20 Å². The molecule has 0 saturated carbocycles. The first kappa shape index (κ1) is 11.7. The molecule has 0 aliphatic rings. The summed E-state index contributed by atoms with van der Waals surface area (Å²) in [6, 6.07) is 10.2. The zero-order valence-electron chi connectivity index (χ0n) is 10.2. The monoisotopic (exact) mass is 227 g/mol. The minimum atomic E-state index is -0.134. The molecule has 0 radical (unpaired) electrons. The highest BCUT2D eigenvalue weighted by atomic mass is 14.9. The quantitative estimate of drug-likeness (QED) is 0.877. The van der Waals surface area contributed by atoms with Crippen LogP contribution in [-0.2, 0) is 6.42 Å². The molecule has 2 N–H and O–H groups in total. The lowest BCUT2D eigenvalue weighted by molar-refractivity contribution is 0.741. The predicted molar refractivity (Wildman–Crippen MR) is 69.4 cm³/mol. The minimum absolute atomic E-state index is 0.134. The van der Waals surface area contributed by atoms with Crippen LogP contribution in [0.15, 0.2) is 36.5 Å². The molecule has 1 aromatic heterocycles. The van der Waals surface area contributed by atoms with Gasteiger partial charge in [0.1, 0.15) is 5.82 Å². The maximum absolute atomic E-state index is 5.78. The third kappa shape index (κ3) is 2.68. The SMILES string of the molecule is CCc1ccc(-c2ccnc(C(C)N)n2)cc1. The fourth-order valence-corrected chi connectivity index (χ4v) is 1.67. The van der Waals surface area contributed by atoms with Crippen molar-refractivity contribution in [2.45, 2.75) is 26.3 Å². The van der Waals surface area contributed by atoms with Crippen LogP contribution in [0.1, 0.15) is 31.3 Å². The number of benzene rings is 1. The molecule has 0 spiro atoms. The van der Waals surface area contributed by atoms with Crippen LogP contribution in [0.3, 0.4) is 0 Å². The van der Waals surface area contributed by atoms with Crippen molar-refractivity contribution >= 4 is 0 Å². The van der Waals surface area contributed by atoms with E-state index in [-0.39, 0.29) is 6.04 Å². The Bertz CT molecular complexity index is 489. The highest BCUT2D eigenvalue weighted by Crippen LogP contribution is 2.18. The maximum atomic E-state index is 5.78. The summed E-state index contributed by atoms with van der Waals surface area (Å²) in [5.41, 5.74) is 9.14. The van der Waals surface area contributed by atoms with Crippen LogP contribution in [-0.4, -0.2) is 9.97 Å². The summed E-state index contributed by atoms with van der Waals surface area (Å²) in [4.78, 5) is 8.62. The average molecular weight is 227 g/mol. The van der Waals surface area contributed by atoms with Crippen LogP contribution < -0.4 is 5.73 Å². The lowest BCUT2D eigenvalue weighted by atomic mass is 10.1. The van der Waals surface area contributed by atoms with Crippen LogP contribution in [0.5, 0.6) is 0 Å². The molecule has 1 heterocycles. The predicted octanol–water partition coefficient (Wildman–Crippen LogP) is 2.73. The molecule has 0 fully saturated rings. The zero-order chi connectivity index (χ0) is 12.3. The van der Waals surface area contributed by atoms with Crippen molar-refractivity contribution in [1.29, 1.82) is 0 Å². The van der Waals surface area contributed by atoms with Gasteiger partial charge in [-0.2, -0.15) is 0 Å². The molecule has 88 valence electrons. The Morgan fingerprint density at radius 1 is 1.18 bits per heavy atom. The summed E-state index contributed by atoms with van der Waals surface area (Å²) in [5, 5.41) is 0. The number of nitrogens with two attached hydrogens (primary N) is 1. The number of nitrogens with zero attached hydrogens (tertiary/aromatic N) is 2. The highest BCUT2D eigenvalue weighted by Gasteiger charge is 2.05. The van der Waals surface area contributed by atoms with Gasteiger partial charge in [0.25, 0.3) is 0 Å². The smallest absolute Gasteiger partial charge is 0.145 e. The molecule has 0 aliphatic carbocycles. The van der Waals surface area contributed by atoms with Gasteiger partial charge in [-0.25, -0.2) is 9.97 Å². The summed E-state index contributed by atoms with van der Waals surface area (Å²) in [6.45, 7) is 4.03. The molecule has 0 aliphatic heterocycles. The van der Waals surface area contributed by atoms with Gasteiger partial charge in [-0.05, 0) is 25.0 Å². The first-order valence-electron chi connectivity index (χ1n) is 5.88. The van der Waals surface area contributed by atoms with E-state index in [0.717, 1.165) is 17.7 Å². The fourth-order valence-electron chi connectivity index (χ4n) is 1.67. The van der Waals surface area contributed by atoms with Crippen molar-refractivity contribution in [2.24, 2.45) is 5.73 Å². The number of rotatable bonds is 3. The third-order valence-corrected chi connectivity index (χ3v) is 2.74. The molecule has 0 saturated heterocycles. The van der Waals surface area contributed by atoms with Gasteiger partial charge in [-0.3, -0.25) is 0 Å². The Kier molecular flexibility index (Phi) is 3.49. The van der Waals surface area contributed by atoms with E-state index >= 15 is 0 Å². The van der Waals surface area contributed by atoms with Gasteiger partial charge in [0.2, 0.25) is 0 Å². The minimum Gasteiger partial charge on any atom is -0.322 e. The Balaban J connectivity index is 2.35. The second-order valence-corrected chi connectivity index (χ2v) is 4.14. The van der Waals surface area contributed by atoms with Crippen LogP contribution in [0.25, 0.3) is 11.3 Å². The average Bonchev–Trinajstić information content (AvgIpc) is 2.39. The topological polar surface area (TPSA) is 51.8 Å². The molecule has 3 nitrogen and oxygen atoms in total. The van der Waals surface area contributed by atoms with E-state index in [4.69, 9.17) is 5.73 Å². The van der Waals surface area contributed by atoms with Crippen LogP contribution in [0.2, 0.25) is 0 Å². The largest absolute Gasteiger partial charge is 0.322 e. The number of aromatic nitrogens is 2. The van der Waals surface area contributed by atoms with Crippen molar-refractivity contribution in [3.8, 4) is 11.3 Å². The van der Waals surface area contributed by atoms with Gasteiger partial charge in [0.15, 0.2) is 0 Å². The Morgan fingerprint density at radius 3 is 2.47 bits per heavy atom. The molecule has 2 aromatic rings. The summed E-state index contributed by atoms with van der Waals surface area (Å²) >= 11 is 0. The Labute approximate surface area is 102 Å². The van der Waals surface area contributed by atoms with Gasteiger partial charge >= 0.3 is 0 Å². The van der Waals surface area contributed by atoms with Crippen molar-refractivity contribution in [3.05, 3.63) is 47.9 Å². The summed E-state index contributed by atoms with van der Waals surface area (Å²) in [6.07, 6.45) is 2.81.